The van der Waals surface area contributed by atoms with Crippen molar-refractivity contribution in [3.8, 4) is 135 Å². The standard InChI is InChI=1S/C23H18N.3C22H16N.3C12H10N.C11H8N.4Ir/c1-2-17-15-23(19-9-4-3-5-10-19)24-16-22(17)21-13-12-18-8-6-7-11-20(18)14-21;3*1-16-13-22(18-8-3-2-4-9-18)23-15-21(16)20-12-11-17-7-5-6-10-19(17)14-20;1-10-6-5-9-12(13-10)11-7-3-2-4-8-11;1-10-7-8-13-12(9-10)11-5-3-2-4-6-11;1-10-7-8-12(13-9-10)11-5-3-2-4-6-11;1-2-6-10(7-3-1)11-8-4-5-9-12-11;;;;/h3-9,11-16H,2H2,1H3;3*2-8,10-15H,1H3;2-7,9H,1H3;2*2-5,7-9H,1H3;1-6,8-9H;;;;/q8*-1;;;;/i;;;;;2*1D3;;;;;. The molecule has 0 N–H and O–H groups in total. The van der Waals surface area contributed by atoms with E-state index >= 15 is 0 Å². The predicted molar refractivity (Wildman–Crippen MR) is 598 cm³/mol. The van der Waals surface area contributed by atoms with E-state index in [4.69, 9.17) is 8.22 Å². The molecule has 12 heteroatoms. The molecule has 0 bridgehead atoms. The van der Waals surface area contributed by atoms with Gasteiger partial charge in [-0.1, -0.05) is 225 Å². The first-order valence-corrected chi connectivity index (χ1v) is 47.7. The minimum Gasteiger partial charge on any atom is -0.305 e. The van der Waals surface area contributed by atoms with Gasteiger partial charge in [0.2, 0.25) is 0 Å². The Morgan fingerprint density at radius 2 is 0.493 bits per heavy atom. The quantitative estimate of drug-likeness (QED) is 0.105. The Bertz CT molecular complexity index is 8110. The molecule has 0 saturated carbocycles. The van der Waals surface area contributed by atoms with E-state index in [1.165, 1.54) is 128 Å². The smallest absolute Gasteiger partial charge is 0.0280 e. The second-order valence-electron chi connectivity index (χ2n) is 33.9. The van der Waals surface area contributed by atoms with Crippen LogP contribution in [0.15, 0.2) is 492 Å². The maximum Gasteiger partial charge on any atom is 0.0280 e. The van der Waals surface area contributed by atoms with Crippen molar-refractivity contribution in [1.82, 2.24) is 39.9 Å². The predicted octanol–water partition coefficient (Wildman–Crippen LogP) is 34.1. The van der Waals surface area contributed by atoms with Gasteiger partial charge in [-0.2, -0.15) is 0 Å². The van der Waals surface area contributed by atoms with E-state index in [-0.39, 0.29) is 86.0 Å². The van der Waals surface area contributed by atoms with Gasteiger partial charge in [0.15, 0.2) is 0 Å². The van der Waals surface area contributed by atoms with E-state index in [0.29, 0.717) is 11.3 Å². The van der Waals surface area contributed by atoms with Crippen molar-refractivity contribution < 1.29 is 88.6 Å². The number of rotatable bonds is 13. The first-order chi connectivity index (χ1) is 73.2. The third kappa shape index (κ3) is 30.3. The first-order valence-electron chi connectivity index (χ1n) is 50.7. The molecular weight excluding hydrogens is 2510 g/mol. The molecule has 0 spiro atoms. The molecule has 0 aliphatic heterocycles. The Morgan fingerprint density at radius 3 is 0.797 bits per heavy atom. The normalized spacial score (nSPS) is 11.0. The average Bonchev–Trinajstić information content (AvgIpc) is 0.790. The van der Waals surface area contributed by atoms with Gasteiger partial charge in [0.25, 0.3) is 0 Å². The van der Waals surface area contributed by atoms with Crippen LogP contribution in [0, 0.1) is 89.9 Å². The van der Waals surface area contributed by atoms with E-state index in [1.807, 2.05) is 244 Å². The van der Waals surface area contributed by atoms with Crippen molar-refractivity contribution in [3.63, 3.8) is 0 Å². The summed E-state index contributed by atoms with van der Waals surface area (Å²) in [6.07, 6.45) is 13.6. The van der Waals surface area contributed by atoms with Crippen LogP contribution in [0.5, 0.6) is 0 Å². The van der Waals surface area contributed by atoms with E-state index in [2.05, 4.69) is 316 Å². The Morgan fingerprint density at radius 1 is 0.209 bits per heavy atom. The van der Waals surface area contributed by atoms with Gasteiger partial charge in [-0.3, -0.25) is 0 Å². The summed E-state index contributed by atoms with van der Waals surface area (Å²) in [7, 11) is 0. The Hall–Kier alpha value is -15.6. The summed E-state index contributed by atoms with van der Waals surface area (Å²) in [5, 5.41) is 10.1. The summed E-state index contributed by atoms with van der Waals surface area (Å²) in [4.78, 5) is 35.5. The number of aryl methyl sites for hydroxylation is 7. The first kappa shape index (κ1) is 101. The summed E-state index contributed by atoms with van der Waals surface area (Å²) in [5.41, 5.74) is 31.2. The van der Waals surface area contributed by atoms with Crippen LogP contribution in [-0.4, -0.2) is 39.9 Å². The number of aromatic nitrogens is 8. The van der Waals surface area contributed by atoms with Gasteiger partial charge in [-0.05, 0) is 229 Å². The van der Waals surface area contributed by atoms with Gasteiger partial charge < -0.3 is 39.9 Å². The Labute approximate surface area is 932 Å². The summed E-state index contributed by atoms with van der Waals surface area (Å²) < 4.78 is 43.7. The number of hydrogen-bond donors (Lipinski definition) is 0. The van der Waals surface area contributed by atoms with Crippen molar-refractivity contribution in [2.24, 2.45) is 0 Å². The van der Waals surface area contributed by atoms with Gasteiger partial charge in [0.1, 0.15) is 0 Å². The molecule has 0 saturated heterocycles. The second-order valence-corrected chi connectivity index (χ2v) is 33.9. The molecule has 16 aromatic carbocycles. The largest absolute Gasteiger partial charge is 0.305 e. The molecule has 8 nitrogen and oxygen atoms in total. The van der Waals surface area contributed by atoms with Gasteiger partial charge in [-0.15, -0.1) is 287 Å². The van der Waals surface area contributed by atoms with Crippen LogP contribution >= 0.6 is 0 Å². The molecule has 0 fully saturated rings. The van der Waals surface area contributed by atoms with E-state index in [1.54, 1.807) is 36.5 Å². The SMILES string of the molecule is CCc1cc(-c2[c-]cccc2)ncc1-c1ccc2ccccc2c1.Cc1cc(-c2[c-]cccc2)ncc1-c1ccc2ccccc2c1.Cc1cc(-c2[c-]cccc2)ncc1-c1ccc2ccccc2c1.Cc1cc(-c2[c-]cccc2)ncc1-c1ccc2ccccc2c1.Cc1cccc(-c2[c-]cccc2)n1.[2H]C([2H])([2H])c1ccc(-c2[c-]cccc2)nc1.[2H]C([2H])([2H])c1ccnc(-c2[c-]cccc2)c1.[Ir].[Ir].[Ir].[Ir].[c-]1ccccc1-c1ccccn1. The van der Waals surface area contributed by atoms with E-state index in [9.17, 15) is 0 Å². The molecule has 24 aromatic rings. The minimum absolute atomic E-state index is 0. The number of hydrogen-bond acceptors (Lipinski definition) is 8. The maximum atomic E-state index is 7.33. The van der Waals surface area contributed by atoms with Gasteiger partial charge in [0, 0.05) is 160 Å². The molecule has 0 amide bonds. The number of fused-ring (bicyclic) bond motifs is 4. The monoisotopic (exact) mass is 2630 g/mol. The topological polar surface area (TPSA) is 103 Å². The summed E-state index contributed by atoms with van der Waals surface area (Å²) in [5.74, 6) is 0. The molecule has 24 rings (SSSR count). The van der Waals surface area contributed by atoms with Crippen molar-refractivity contribution in [2.45, 2.75) is 54.7 Å². The van der Waals surface area contributed by atoms with Gasteiger partial charge in [-0.25, -0.2) is 0 Å². The van der Waals surface area contributed by atoms with Crippen LogP contribution in [0.2, 0.25) is 0 Å². The fourth-order valence-corrected chi connectivity index (χ4v) is 16.4. The van der Waals surface area contributed by atoms with Crippen molar-refractivity contribution in [2.75, 3.05) is 0 Å². The van der Waals surface area contributed by atoms with E-state index in [0.717, 1.165) is 96.5 Å². The zero-order chi connectivity index (χ0) is 104. The Kier molecular flexibility index (Phi) is 38.3. The van der Waals surface area contributed by atoms with Crippen LogP contribution < -0.4 is 0 Å². The van der Waals surface area contributed by atoms with E-state index < -0.39 is 13.7 Å². The fourth-order valence-electron chi connectivity index (χ4n) is 16.4. The van der Waals surface area contributed by atoms with Gasteiger partial charge >= 0.3 is 0 Å². The van der Waals surface area contributed by atoms with Crippen molar-refractivity contribution in [3.05, 3.63) is 580 Å². The molecule has 148 heavy (non-hydrogen) atoms. The number of benzene rings is 16. The number of pyridine rings is 8. The molecule has 8 heterocycles. The zero-order valence-electron chi connectivity index (χ0n) is 87.9. The molecule has 0 unspecified atom stereocenters. The molecule has 0 aliphatic rings. The number of nitrogens with zero attached hydrogens (tertiary/aromatic N) is 8. The van der Waals surface area contributed by atoms with Crippen LogP contribution in [0.4, 0.5) is 0 Å². The van der Waals surface area contributed by atoms with Crippen molar-refractivity contribution in [1.29, 1.82) is 0 Å². The van der Waals surface area contributed by atoms with Crippen LogP contribution in [-0.2, 0) is 86.8 Å². The summed E-state index contributed by atoms with van der Waals surface area (Å²) in [6, 6.07) is 175. The van der Waals surface area contributed by atoms with Crippen molar-refractivity contribution >= 4 is 43.1 Å². The minimum atomic E-state index is -2.09. The van der Waals surface area contributed by atoms with Crippen LogP contribution in [0.25, 0.3) is 178 Å². The summed E-state index contributed by atoms with van der Waals surface area (Å²) in [6.45, 7) is 6.42. The Balaban J connectivity index is 0.000000147. The third-order valence-electron chi connectivity index (χ3n) is 23.9. The average molecular weight is 2630 g/mol. The second kappa shape index (κ2) is 56.2. The van der Waals surface area contributed by atoms with Crippen LogP contribution in [0.1, 0.15) is 54.2 Å². The molecule has 732 valence electrons. The molecule has 8 aromatic heterocycles. The molecule has 0 atom stereocenters. The third-order valence-corrected chi connectivity index (χ3v) is 23.9. The van der Waals surface area contributed by atoms with Crippen LogP contribution in [0.3, 0.4) is 0 Å². The molecular formula is C136H104Ir4N8-8. The fraction of sp³-hybridized carbons (Fsp3) is 0.0588. The molecule has 0 aliphatic carbocycles. The van der Waals surface area contributed by atoms with Gasteiger partial charge in [0.05, 0.1) is 0 Å². The molecule has 4 radical (unpaired) electrons. The summed E-state index contributed by atoms with van der Waals surface area (Å²) >= 11 is 0. The zero-order valence-corrected chi connectivity index (χ0v) is 91.5. The maximum absolute atomic E-state index is 7.33.